The van der Waals surface area contributed by atoms with Crippen molar-refractivity contribution in [1.29, 1.82) is 0 Å². The minimum absolute atomic E-state index is 0.0391. The van der Waals surface area contributed by atoms with E-state index in [9.17, 15) is 9.59 Å². The number of nitrogens with one attached hydrogen (secondary N) is 1. The van der Waals surface area contributed by atoms with Crippen LogP contribution < -0.4 is 5.32 Å². The van der Waals surface area contributed by atoms with Gasteiger partial charge in [0, 0.05) is 40.3 Å². The van der Waals surface area contributed by atoms with Gasteiger partial charge in [-0.25, -0.2) is 4.99 Å². The number of carbonyl (C=O) groups excluding carboxylic acids is 2. The van der Waals surface area contributed by atoms with Crippen LogP contribution in [0.15, 0.2) is 4.99 Å². The van der Waals surface area contributed by atoms with Crippen LogP contribution in [0.3, 0.4) is 0 Å². The summed E-state index contributed by atoms with van der Waals surface area (Å²) in [6.45, 7) is 5.29. The van der Waals surface area contributed by atoms with Gasteiger partial charge in [-0.2, -0.15) is 0 Å². The molecule has 26 heavy (non-hydrogen) atoms. The van der Waals surface area contributed by atoms with Crippen LogP contribution in [0, 0.1) is 5.92 Å². The van der Waals surface area contributed by atoms with E-state index in [1.54, 1.807) is 14.1 Å². The van der Waals surface area contributed by atoms with Gasteiger partial charge in [-0.1, -0.05) is 0 Å². The van der Waals surface area contributed by atoms with E-state index in [0.717, 1.165) is 51.3 Å². The summed E-state index contributed by atoms with van der Waals surface area (Å²) in [5, 5.41) is 3.36. The highest BCUT2D eigenvalue weighted by Crippen LogP contribution is 2.19. The molecule has 1 unspecified atom stereocenters. The van der Waals surface area contributed by atoms with Crippen LogP contribution in [0.5, 0.6) is 0 Å². The van der Waals surface area contributed by atoms with Gasteiger partial charge in [-0.05, 0) is 32.6 Å². The fourth-order valence-electron chi connectivity index (χ4n) is 3.15. The summed E-state index contributed by atoms with van der Waals surface area (Å²) in [5.74, 6) is 0.524. The van der Waals surface area contributed by atoms with Gasteiger partial charge in [0.15, 0.2) is 5.96 Å². The van der Waals surface area contributed by atoms with E-state index in [0.29, 0.717) is 13.2 Å². The largest absolute Gasteiger partial charge is 0.466 e. The number of ether oxygens (including phenoxy) is 2. The third-order valence-electron chi connectivity index (χ3n) is 4.79. The Kier molecular flexibility index (Phi) is 8.15. The first-order chi connectivity index (χ1) is 12.5. The third-order valence-corrected chi connectivity index (χ3v) is 4.79. The van der Waals surface area contributed by atoms with E-state index in [-0.39, 0.29) is 30.4 Å². The number of esters is 1. The Labute approximate surface area is 155 Å². The molecule has 8 nitrogen and oxygen atoms in total. The molecular formula is C18H32N4O4. The predicted octanol–water partition coefficient (Wildman–Crippen LogP) is 0.474. The van der Waals surface area contributed by atoms with Crippen molar-refractivity contribution in [2.45, 2.75) is 38.7 Å². The van der Waals surface area contributed by atoms with Gasteiger partial charge in [0.05, 0.1) is 18.6 Å². The van der Waals surface area contributed by atoms with Crippen LogP contribution in [0.2, 0.25) is 0 Å². The third kappa shape index (κ3) is 6.16. The fourth-order valence-corrected chi connectivity index (χ4v) is 3.15. The maximum Gasteiger partial charge on any atom is 0.309 e. The zero-order valence-corrected chi connectivity index (χ0v) is 16.2. The molecule has 0 radical (unpaired) electrons. The molecule has 2 aliphatic heterocycles. The summed E-state index contributed by atoms with van der Waals surface area (Å²) >= 11 is 0. The first-order valence-corrected chi connectivity index (χ1v) is 9.53. The molecule has 8 heteroatoms. The molecule has 148 valence electrons. The molecule has 1 N–H and O–H groups in total. The highest BCUT2D eigenvalue weighted by Gasteiger charge is 2.28. The number of likely N-dealkylation sites (tertiary alicyclic amines) is 1. The van der Waals surface area contributed by atoms with Gasteiger partial charge >= 0.3 is 5.97 Å². The molecule has 0 saturated carbocycles. The van der Waals surface area contributed by atoms with E-state index < -0.39 is 0 Å². The standard InChI is InChI=1S/C18H32N4O4/c1-4-25-17(24)14-7-9-22(10-8-14)18(20-13-16(23)21(2)3)19-12-15-6-5-11-26-15/h14-15H,4-13H2,1-3H3,(H,19,20). The SMILES string of the molecule is CCOC(=O)C1CCN(C(=NCC(=O)N(C)C)NCC2CCCO2)CC1. The molecule has 2 saturated heterocycles. The second-order valence-electron chi connectivity index (χ2n) is 6.96. The highest BCUT2D eigenvalue weighted by atomic mass is 16.5. The van der Waals surface area contributed by atoms with Gasteiger partial charge in [0.2, 0.25) is 5.91 Å². The van der Waals surface area contributed by atoms with Gasteiger partial charge in [0.1, 0.15) is 6.54 Å². The molecular weight excluding hydrogens is 336 g/mol. The molecule has 0 spiro atoms. The Morgan fingerprint density at radius 1 is 1.27 bits per heavy atom. The van der Waals surface area contributed by atoms with Crippen LogP contribution in [-0.2, 0) is 19.1 Å². The summed E-state index contributed by atoms with van der Waals surface area (Å²) in [7, 11) is 3.45. The minimum atomic E-state index is -0.110. The lowest BCUT2D eigenvalue weighted by Crippen LogP contribution is -2.48. The zero-order chi connectivity index (χ0) is 18.9. The quantitative estimate of drug-likeness (QED) is 0.417. The highest BCUT2D eigenvalue weighted by molar-refractivity contribution is 5.85. The molecule has 2 rings (SSSR count). The lowest BCUT2D eigenvalue weighted by molar-refractivity contribution is -0.149. The normalized spacial score (nSPS) is 21.6. The maximum atomic E-state index is 11.9. The summed E-state index contributed by atoms with van der Waals surface area (Å²) in [6.07, 6.45) is 3.80. The smallest absolute Gasteiger partial charge is 0.309 e. The van der Waals surface area contributed by atoms with Gasteiger partial charge in [-0.3, -0.25) is 9.59 Å². The second-order valence-corrected chi connectivity index (χ2v) is 6.96. The minimum Gasteiger partial charge on any atom is -0.466 e. The first kappa shape index (κ1) is 20.5. The predicted molar refractivity (Wildman–Crippen MR) is 98.9 cm³/mol. The summed E-state index contributed by atoms with van der Waals surface area (Å²) in [4.78, 5) is 32.0. The van der Waals surface area contributed by atoms with E-state index in [4.69, 9.17) is 9.47 Å². The van der Waals surface area contributed by atoms with E-state index in [2.05, 4.69) is 15.2 Å². The van der Waals surface area contributed by atoms with Crippen molar-refractivity contribution in [2.75, 3.05) is 53.5 Å². The van der Waals surface area contributed by atoms with Crippen molar-refractivity contribution in [3.05, 3.63) is 0 Å². The molecule has 2 fully saturated rings. The molecule has 0 aromatic rings. The Bertz CT molecular complexity index is 495. The van der Waals surface area contributed by atoms with E-state index >= 15 is 0 Å². The van der Waals surface area contributed by atoms with Gasteiger partial charge in [0.25, 0.3) is 0 Å². The van der Waals surface area contributed by atoms with E-state index in [1.807, 2.05) is 6.92 Å². The van der Waals surface area contributed by atoms with Crippen molar-refractivity contribution in [3.63, 3.8) is 0 Å². The van der Waals surface area contributed by atoms with Crippen molar-refractivity contribution in [1.82, 2.24) is 15.1 Å². The molecule has 1 amide bonds. The summed E-state index contributed by atoms with van der Waals surface area (Å²) in [5.41, 5.74) is 0. The number of amides is 1. The lowest BCUT2D eigenvalue weighted by Gasteiger charge is -2.33. The van der Waals surface area contributed by atoms with Crippen LogP contribution in [0.1, 0.15) is 32.6 Å². The van der Waals surface area contributed by atoms with Crippen molar-refractivity contribution >= 4 is 17.8 Å². The molecule has 0 aromatic carbocycles. The summed E-state index contributed by atoms with van der Waals surface area (Å²) < 4.78 is 10.8. The zero-order valence-electron chi connectivity index (χ0n) is 16.2. The first-order valence-electron chi connectivity index (χ1n) is 9.53. The number of aliphatic imine (C=N–C) groups is 1. The van der Waals surface area contributed by atoms with Crippen molar-refractivity contribution < 1.29 is 19.1 Å². The number of guanidine groups is 1. The molecule has 0 aliphatic carbocycles. The Hall–Kier alpha value is -1.83. The molecule has 0 bridgehead atoms. The van der Waals surface area contributed by atoms with E-state index in [1.165, 1.54) is 4.90 Å². The number of hydrogen-bond acceptors (Lipinski definition) is 5. The fraction of sp³-hybridized carbons (Fsp3) is 0.833. The van der Waals surface area contributed by atoms with Crippen LogP contribution in [0.25, 0.3) is 0 Å². The Morgan fingerprint density at radius 3 is 2.58 bits per heavy atom. The number of carbonyl (C=O) groups is 2. The van der Waals surface area contributed by atoms with Crippen LogP contribution in [0.4, 0.5) is 0 Å². The number of hydrogen-bond donors (Lipinski definition) is 1. The number of nitrogens with zero attached hydrogens (tertiary/aromatic N) is 3. The average Bonchev–Trinajstić information content (AvgIpc) is 3.15. The lowest BCUT2D eigenvalue weighted by atomic mass is 9.97. The number of piperidine rings is 1. The Morgan fingerprint density at radius 2 is 2.00 bits per heavy atom. The van der Waals surface area contributed by atoms with Gasteiger partial charge in [-0.15, -0.1) is 0 Å². The number of likely N-dealkylation sites (N-methyl/N-ethyl adjacent to an activating group) is 1. The summed E-state index contributed by atoms with van der Waals surface area (Å²) in [6, 6.07) is 0. The van der Waals surface area contributed by atoms with Crippen molar-refractivity contribution in [2.24, 2.45) is 10.9 Å². The monoisotopic (exact) mass is 368 g/mol. The van der Waals surface area contributed by atoms with Gasteiger partial charge < -0.3 is 24.6 Å². The molecule has 1 atom stereocenters. The topological polar surface area (TPSA) is 83.5 Å². The van der Waals surface area contributed by atoms with Crippen LogP contribution in [-0.4, -0.2) is 87.2 Å². The second kappa shape index (κ2) is 10.4. The Balaban J connectivity index is 1.93. The molecule has 2 aliphatic rings. The molecule has 2 heterocycles. The maximum absolute atomic E-state index is 11.9. The van der Waals surface area contributed by atoms with Crippen LogP contribution >= 0.6 is 0 Å². The molecule has 0 aromatic heterocycles. The average molecular weight is 368 g/mol. The van der Waals surface area contributed by atoms with Crippen molar-refractivity contribution in [3.8, 4) is 0 Å². The number of rotatable bonds is 6.